The summed E-state index contributed by atoms with van der Waals surface area (Å²) >= 11 is 0. The number of ether oxygens (including phenoxy) is 1. The van der Waals surface area contributed by atoms with E-state index in [2.05, 4.69) is 17.6 Å². The van der Waals surface area contributed by atoms with Crippen molar-refractivity contribution in [1.82, 2.24) is 10.6 Å². The first-order valence-electron chi connectivity index (χ1n) is 7.40. The molecule has 1 atom stereocenters. The zero-order chi connectivity index (χ0) is 14.6. The summed E-state index contributed by atoms with van der Waals surface area (Å²) in [6.45, 7) is 6.36. The molecule has 0 radical (unpaired) electrons. The Balaban J connectivity index is 1.93. The smallest absolute Gasteiger partial charge is 0.221 e. The van der Waals surface area contributed by atoms with E-state index in [0.29, 0.717) is 19.6 Å². The number of nitrogens with one attached hydrogen (secondary N) is 2. The Hall–Kier alpha value is -1.55. The van der Waals surface area contributed by atoms with Crippen molar-refractivity contribution in [3.8, 4) is 5.75 Å². The van der Waals surface area contributed by atoms with Crippen LogP contribution in [0.5, 0.6) is 5.75 Å². The van der Waals surface area contributed by atoms with Crippen LogP contribution in [0.2, 0.25) is 0 Å². The van der Waals surface area contributed by atoms with E-state index in [1.807, 2.05) is 37.3 Å². The molecule has 4 heteroatoms. The third-order valence-corrected chi connectivity index (χ3v) is 3.06. The molecular formula is C16H26N2O2. The van der Waals surface area contributed by atoms with Crippen LogP contribution in [0.25, 0.3) is 0 Å². The van der Waals surface area contributed by atoms with Crippen LogP contribution in [0.15, 0.2) is 30.3 Å². The molecule has 1 aromatic carbocycles. The summed E-state index contributed by atoms with van der Waals surface area (Å²) in [7, 11) is 0. The molecule has 2 N–H and O–H groups in total. The van der Waals surface area contributed by atoms with Crippen molar-refractivity contribution in [2.45, 2.75) is 39.2 Å². The van der Waals surface area contributed by atoms with Crippen molar-refractivity contribution >= 4 is 5.91 Å². The summed E-state index contributed by atoms with van der Waals surface area (Å²) in [5.41, 5.74) is 0. The molecule has 0 saturated carbocycles. The number of carbonyl (C=O) groups excluding carboxylic acids is 1. The molecule has 0 aliphatic heterocycles. The number of rotatable bonds is 10. The van der Waals surface area contributed by atoms with E-state index >= 15 is 0 Å². The van der Waals surface area contributed by atoms with Gasteiger partial charge in [0.25, 0.3) is 0 Å². The fourth-order valence-electron chi connectivity index (χ4n) is 1.68. The Kier molecular flexibility index (Phi) is 8.47. The molecule has 1 rings (SSSR count). The van der Waals surface area contributed by atoms with Crippen LogP contribution in [0.3, 0.4) is 0 Å². The van der Waals surface area contributed by atoms with Gasteiger partial charge in [0, 0.05) is 19.0 Å². The van der Waals surface area contributed by atoms with Gasteiger partial charge in [-0.25, -0.2) is 0 Å². The number of carbonyl (C=O) groups is 1. The van der Waals surface area contributed by atoms with Gasteiger partial charge >= 0.3 is 0 Å². The minimum atomic E-state index is 0.118. The van der Waals surface area contributed by atoms with Gasteiger partial charge in [-0.1, -0.05) is 25.1 Å². The maximum absolute atomic E-state index is 11.5. The molecule has 0 bridgehead atoms. The lowest BCUT2D eigenvalue weighted by atomic mass is 10.2. The minimum absolute atomic E-state index is 0.118. The molecule has 0 saturated heterocycles. The van der Waals surface area contributed by atoms with Crippen molar-refractivity contribution in [2.24, 2.45) is 0 Å². The monoisotopic (exact) mass is 278 g/mol. The van der Waals surface area contributed by atoms with Gasteiger partial charge in [0.05, 0.1) is 6.61 Å². The fraction of sp³-hybridized carbons (Fsp3) is 0.562. The maximum Gasteiger partial charge on any atom is 0.221 e. The predicted octanol–water partition coefficient (Wildman–Crippen LogP) is 2.35. The Morgan fingerprint density at radius 3 is 2.70 bits per heavy atom. The van der Waals surface area contributed by atoms with Gasteiger partial charge < -0.3 is 15.4 Å². The van der Waals surface area contributed by atoms with E-state index in [-0.39, 0.29) is 11.9 Å². The number of para-hydroxylation sites is 1. The Labute approximate surface area is 121 Å². The van der Waals surface area contributed by atoms with Gasteiger partial charge in [0.2, 0.25) is 5.91 Å². The standard InChI is InChI=1S/C16H26N2O2/c1-3-14(2)18-16(19)10-12-17-11-7-13-20-15-8-5-4-6-9-15/h4-6,8-9,14,17H,3,7,10-13H2,1-2H3,(H,18,19). The average molecular weight is 278 g/mol. The number of hydrogen-bond donors (Lipinski definition) is 2. The van der Waals surface area contributed by atoms with Crippen LogP contribution < -0.4 is 15.4 Å². The summed E-state index contributed by atoms with van der Waals surface area (Å²) < 4.78 is 5.58. The molecule has 0 fully saturated rings. The zero-order valence-electron chi connectivity index (χ0n) is 12.5. The largest absolute Gasteiger partial charge is 0.494 e. The Morgan fingerprint density at radius 2 is 2.00 bits per heavy atom. The highest BCUT2D eigenvalue weighted by atomic mass is 16.5. The van der Waals surface area contributed by atoms with E-state index in [0.717, 1.165) is 25.1 Å². The Bertz CT molecular complexity index is 368. The quantitative estimate of drug-likeness (QED) is 0.646. The van der Waals surface area contributed by atoms with E-state index in [1.54, 1.807) is 0 Å². The third-order valence-electron chi connectivity index (χ3n) is 3.06. The van der Waals surface area contributed by atoms with Gasteiger partial charge in [-0.15, -0.1) is 0 Å². The summed E-state index contributed by atoms with van der Waals surface area (Å²) in [4.78, 5) is 11.5. The molecule has 0 aliphatic carbocycles. The lowest BCUT2D eigenvalue weighted by molar-refractivity contribution is -0.121. The van der Waals surface area contributed by atoms with Crippen LogP contribution in [-0.4, -0.2) is 31.6 Å². The molecule has 0 aliphatic rings. The van der Waals surface area contributed by atoms with Crippen molar-refractivity contribution < 1.29 is 9.53 Å². The van der Waals surface area contributed by atoms with E-state index < -0.39 is 0 Å². The van der Waals surface area contributed by atoms with Crippen LogP contribution >= 0.6 is 0 Å². The van der Waals surface area contributed by atoms with E-state index in [1.165, 1.54) is 0 Å². The highest BCUT2D eigenvalue weighted by Crippen LogP contribution is 2.07. The van der Waals surface area contributed by atoms with Gasteiger partial charge in [-0.3, -0.25) is 4.79 Å². The molecule has 1 amide bonds. The van der Waals surface area contributed by atoms with Crippen LogP contribution in [0, 0.1) is 0 Å². The van der Waals surface area contributed by atoms with Crippen molar-refractivity contribution in [1.29, 1.82) is 0 Å². The normalized spacial score (nSPS) is 11.9. The third kappa shape index (κ3) is 7.79. The first-order valence-corrected chi connectivity index (χ1v) is 7.40. The number of amides is 1. The van der Waals surface area contributed by atoms with Crippen molar-refractivity contribution in [3.05, 3.63) is 30.3 Å². The minimum Gasteiger partial charge on any atom is -0.494 e. The van der Waals surface area contributed by atoms with Crippen molar-refractivity contribution in [3.63, 3.8) is 0 Å². The van der Waals surface area contributed by atoms with Crippen LogP contribution in [0.1, 0.15) is 33.1 Å². The zero-order valence-corrected chi connectivity index (χ0v) is 12.5. The lowest BCUT2D eigenvalue weighted by Gasteiger charge is -2.11. The number of benzene rings is 1. The van der Waals surface area contributed by atoms with Crippen LogP contribution in [-0.2, 0) is 4.79 Å². The predicted molar refractivity (Wildman–Crippen MR) is 81.9 cm³/mol. The van der Waals surface area contributed by atoms with E-state index in [9.17, 15) is 4.79 Å². The summed E-state index contributed by atoms with van der Waals surface area (Å²) in [6.07, 6.45) is 2.43. The first kappa shape index (κ1) is 16.5. The second kappa shape index (κ2) is 10.3. The Morgan fingerprint density at radius 1 is 1.25 bits per heavy atom. The van der Waals surface area contributed by atoms with Crippen LogP contribution in [0.4, 0.5) is 0 Å². The molecule has 112 valence electrons. The summed E-state index contributed by atoms with van der Waals surface area (Å²) in [6, 6.07) is 10.1. The van der Waals surface area contributed by atoms with E-state index in [4.69, 9.17) is 4.74 Å². The molecule has 1 aromatic rings. The molecule has 4 nitrogen and oxygen atoms in total. The number of hydrogen-bond acceptors (Lipinski definition) is 3. The van der Waals surface area contributed by atoms with Gasteiger partial charge in [0.1, 0.15) is 5.75 Å². The van der Waals surface area contributed by atoms with Gasteiger partial charge in [-0.2, -0.15) is 0 Å². The molecular weight excluding hydrogens is 252 g/mol. The topological polar surface area (TPSA) is 50.4 Å². The van der Waals surface area contributed by atoms with Crippen molar-refractivity contribution in [2.75, 3.05) is 19.7 Å². The molecule has 0 spiro atoms. The lowest BCUT2D eigenvalue weighted by Crippen LogP contribution is -2.34. The average Bonchev–Trinajstić information content (AvgIpc) is 2.47. The van der Waals surface area contributed by atoms with Gasteiger partial charge in [-0.05, 0) is 38.4 Å². The second-order valence-electron chi connectivity index (χ2n) is 4.89. The highest BCUT2D eigenvalue weighted by molar-refractivity contribution is 5.76. The maximum atomic E-state index is 11.5. The molecule has 20 heavy (non-hydrogen) atoms. The molecule has 1 unspecified atom stereocenters. The highest BCUT2D eigenvalue weighted by Gasteiger charge is 2.04. The fourth-order valence-corrected chi connectivity index (χ4v) is 1.68. The summed E-state index contributed by atoms with van der Waals surface area (Å²) in [5, 5.41) is 6.20. The second-order valence-corrected chi connectivity index (χ2v) is 4.89. The summed E-state index contributed by atoms with van der Waals surface area (Å²) in [5.74, 6) is 1.02. The molecule has 0 aromatic heterocycles. The molecule has 0 heterocycles. The first-order chi connectivity index (χ1) is 9.72. The SMILES string of the molecule is CCC(C)NC(=O)CCNCCCOc1ccccc1. The van der Waals surface area contributed by atoms with Gasteiger partial charge in [0.15, 0.2) is 0 Å².